The Labute approximate surface area is 103 Å². The molecule has 5 atom stereocenters. The van der Waals surface area contributed by atoms with Crippen LogP contribution >= 0.6 is 0 Å². The van der Waals surface area contributed by atoms with Crippen molar-refractivity contribution in [2.24, 2.45) is 16.1 Å². The molecule has 9 heteroatoms. The van der Waals surface area contributed by atoms with E-state index in [-0.39, 0.29) is 6.42 Å². The van der Waals surface area contributed by atoms with Crippen LogP contribution in [0.2, 0.25) is 0 Å². The summed E-state index contributed by atoms with van der Waals surface area (Å²) in [5.74, 6) is -0.993. The fourth-order valence-corrected chi connectivity index (χ4v) is 2.15. The van der Waals surface area contributed by atoms with E-state index in [9.17, 15) is 9.90 Å². The Hall–Kier alpha value is -1.95. The fraction of sp³-hybridized carbons (Fsp3) is 0.889. The van der Waals surface area contributed by atoms with Gasteiger partial charge in [0.2, 0.25) is 0 Å². The number of azide groups is 2. The van der Waals surface area contributed by atoms with Gasteiger partial charge in [-0.3, -0.25) is 4.79 Å². The molecule has 0 radical (unpaired) electrons. The zero-order valence-electron chi connectivity index (χ0n) is 10.0. The molecule has 1 rings (SSSR count). The minimum Gasteiger partial charge on any atom is -0.462 e. The van der Waals surface area contributed by atoms with Crippen LogP contribution in [-0.4, -0.2) is 35.4 Å². The zero-order valence-corrected chi connectivity index (χ0v) is 10.0. The predicted molar refractivity (Wildman–Crippen MR) is 61.2 cm³/mol. The van der Waals surface area contributed by atoms with Gasteiger partial charge >= 0.3 is 5.97 Å². The topological polar surface area (TPSA) is 144 Å². The van der Waals surface area contributed by atoms with Crippen LogP contribution in [0.3, 0.4) is 0 Å². The molecule has 0 aromatic rings. The average molecular weight is 254 g/mol. The molecular formula is C9H14N6O3. The number of rotatable bonds is 3. The van der Waals surface area contributed by atoms with E-state index in [2.05, 4.69) is 20.1 Å². The van der Waals surface area contributed by atoms with E-state index in [1.807, 2.05) is 0 Å². The van der Waals surface area contributed by atoms with Gasteiger partial charge in [-0.2, -0.15) is 0 Å². The van der Waals surface area contributed by atoms with E-state index in [0.29, 0.717) is 0 Å². The van der Waals surface area contributed by atoms with Gasteiger partial charge in [-0.15, -0.1) is 0 Å². The average Bonchev–Trinajstić information content (AvgIpc) is 2.31. The zero-order chi connectivity index (χ0) is 13.7. The molecular weight excluding hydrogens is 240 g/mol. The minimum atomic E-state index is -0.935. The van der Waals surface area contributed by atoms with Crippen molar-refractivity contribution in [3.63, 3.8) is 0 Å². The van der Waals surface area contributed by atoms with Gasteiger partial charge in [0.05, 0.1) is 18.2 Å². The summed E-state index contributed by atoms with van der Waals surface area (Å²) in [5, 5.41) is 17.0. The maximum absolute atomic E-state index is 11.0. The highest BCUT2D eigenvalue weighted by Gasteiger charge is 2.43. The lowest BCUT2D eigenvalue weighted by molar-refractivity contribution is -0.156. The highest BCUT2D eigenvalue weighted by Crippen LogP contribution is 2.31. The molecule has 1 N–H and O–H groups in total. The Kier molecular flexibility index (Phi) is 4.79. The molecule has 0 aromatic carbocycles. The molecule has 0 heterocycles. The smallest absolute Gasteiger partial charge is 0.302 e. The quantitative estimate of drug-likeness (QED) is 0.354. The second-order valence-electron chi connectivity index (χ2n) is 4.20. The number of carbonyl (C=O) groups is 1. The van der Waals surface area contributed by atoms with Crippen LogP contribution in [0, 0.1) is 5.92 Å². The molecule has 0 saturated heterocycles. The van der Waals surface area contributed by atoms with Gasteiger partial charge in [-0.05, 0) is 17.5 Å². The molecule has 98 valence electrons. The molecule has 1 fully saturated rings. The summed E-state index contributed by atoms with van der Waals surface area (Å²) in [4.78, 5) is 16.3. The number of ether oxygens (including phenoxy) is 1. The van der Waals surface area contributed by atoms with Crippen LogP contribution < -0.4 is 0 Å². The number of nitrogens with zero attached hydrogens (tertiary/aromatic N) is 6. The van der Waals surface area contributed by atoms with Crippen molar-refractivity contribution >= 4 is 5.97 Å². The standard InChI is InChI=1S/C9H14N6O3/c1-4-8(17)6(12-14-10)3-7(13-15-11)9(4)18-5(2)16/h4,6-9,17H,3H2,1-2H3/t4?,6?,7-,8+,9+/m1/s1. The van der Waals surface area contributed by atoms with Crippen molar-refractivity contribution in [1.82, 2.24) is 0 Å². The number of esters is 1. The molecule has 0 aromatic heterocycles. The summed E-state index contributed by atoms with van der Waals surface area (Å²) in [5.41, 5.74) is 16.9. The molecule has 1 aliphatic carbocycles. The van der Waals surface area contributed by atoms with Crippen molar-refractivity contribution in [3.8, 4) is 0 Å². The van der Waals surface area contributed by atoms with Gasteiger partial charge in [-0.25, -0.2) is 0 Å². The van der Waals surface area contributed by atoms with E-state index in [1.54, 1.807) is 6.92 Å². The van der Waals surface area contributed by atoms with Gasteiger partial charge in [0.15, 0.2) is 0 Å². The van der Waals surface area contributed by atoms with Crippen LogP contribution in [-0.2, 0) is 9.53 Å². The van der Waals surface area contributed by atoms with Crippen molar-refractivity contribution < 1.29 is 14.6 Å². The normalized spacial score (nSPS) is 34.9. The fourth-order valence-electron chi connectivity index (χ4n) is 2.15. The van der Waals surface area contributed by atoms with Crippen LogP contribution in [0.1, 0.15) is 20.3 Å². The van der Waals surface area contributed by atoms with Gasteiger partial charge < -0.3 is 9.84 Å². The summed E-state index contributed by atoms with van der Waals surface area (Å²) in [6, 6.07) is -1.33. The Bertz CT molecular complexity index is 415. The Balaban J connectivity index is 2.98. The first-order chi connectivity index (χ1) is 8.51. The third kappa shape index (κ3) is 3.04. The van der Waals surface area contributed by atoms with Gasteiger partial charge in [0.1, 0.15) is 6.10 Å². The Morgan fingerprint density at radius 3 is 2.39 bits per heavy atom. The summed E-state index contributed by atoms with van der Waals surface area (Å²) >= 11 is 0. The Morgan fingerprint density at radius 1 is 1.33 bits per heavy atom. The van der Waals surface area contributed by atoms with Crippen molar-refractivity contribution in [1.29, 1.82) is 0 Å². The molecule has 2 unspecified atom stereocenters. The monoisotopic (exact) mass is 254 g/mol. The van der Waals surface area contributed by atoms with E-state index in [4.69, 9.17) is 15.8 Å². The third-order valence-corrected chi connectivity index (χ3v) is 3.02. The summed E-state index contributed by atoms with van der Waals surface area (Å²) < 4.78 is 5.07. The second kappa shape index (κ2) is 6.11. The molecule has 1 aliphatic rings. The van der Waals surface area contributed by atoms with Gasteiger partial charge in [0.25, 0.3) is 0 Å². The first-order valence-corrected chi connectivity index (χ1v) is 5.45. The SMILES string of the molecule is CC(=O)O[C@H]1C(C)[C@H](O)C(N=[N+]=[N-])C[C@H]1N=[N+]=[N-]. The number of carbonyl (C=O) groups excluding carboxylic acids is 1. The molecule has 0 spiro atoms. The molecule has 1 saturated carbocycles. The van der Waals surface area contributed by atoms with Crippen LogP contribution in [0.5, 0.6) is 0 Å². The first-order valence-electron chi connectivity index (χ1n) is 5.45. The Morgan fingerprint density at radius 2 is 1.89 bits per heavy atom. The number of hydrogen-bond acceptors (Lipinski definition) is 5. The maximum Gasteiger partial charge on any atom is 0.302 e. The van der Waals surface area contributed by atoms with E-state index >= 15 is 0 Å². The molecule has 9 nitrogen and oxygen atoms in total. The lowest BCUT2D eigenvalue weighted by Crippen LogP contribution is -2.51. The number of aliphatic hydroxyl groups is 1. The van der Waals surface area contributed by atoms with E-state index < -0.39 is 36.2 Å². The molecule has 0 bridgehead atoms. The van der Waals surface area contributed by atoms with E-state index in [0.717, 1.165) is 0 Å². The summed E-state index contributed by atoms with van der Waals surface area (Å²) in [7, 11) is 0. The molecule has 18 heavy (non-hydrogen) atoms. The molecule has 0 aliphatic heterocycles. The highest BCUT2D eigenvalue weighted by molar-refractivity contribution is 5.66. The molecule has 0 amide bonds. The summed E-state index contributed by atoms with van der Waals surface area (Å²) in [6.45, 7) is 2.89. The van der Waals surface area contributed by atoms with Crippen LogP contribution in [0.4, 0.5) is 0 Å². The number of hydrogen-bond donors (Lipinski definition) is 1. The van der Waals surface area contributed by atoms with Crippen LogP contribution in [0.25, 0.3) is 20.9 Å². The van der Waals surface area contributed by atoms with Gasteiger partial charge in [-0.1, -0.05) is 17.2 Å². The van der Waals surface area contributed by atoms with Gasteiger partial charge in [0, 0.05) is 22.7 Å². The van der Waals surface area contributed by atoms with Crippen molar-refractivity contribution in [2.75, 3.05) is 0 Å². The van der Waals surface area contributed by atoms with Crippen LogP contribution in [0.15, 0.2) is 10.2 Å². The highest BCUT2D eigenvalue weighted by atomic mass is 16.5. The minimum absolute atomic E-state index is 0.150. The second-order valence-corrected chi connectivity index (χ2v) is 4.20. The predicted octanol–water partition coefficient (Wildman–Crippen LogP) is 1.68. The lowest BCUT2D eigenvalue weighted by Gasteiger charge is -2.39. The largest absolute Gasteiger partial charge is 0.462 e. The lowest BCUT2D eigenvalue weighted by atomic mass is 9.79. The van der Waals surface area contributed by atoms with Crippen molar-refractivity contribution in [2.45, 2.75) is 44.6 Å². The van der Waals surface area contributed by atoms with Crippen molar-refractivity contribution in [3.05, 3.63) is 20.9 Å². The summed E-state index contributed by atoms with van der Waals surface area (Å²) in [6.07, 6.45) is -1.49. The number of aliphatic hydroxyl groups excluding tert-OH is 1. The maximum atomic E-state index is 11.0. The third-order valence-electron chi connectivity index (χ3n) is 3.02. The van der Waals surface area contributed by atoms with E-state index in [1.165, 1.54) is 6.92 Å². The first kappa shape index (κ1) is 14.1.